The van der Waals surface area contributed by atoms with E-state index in [1.807, 2.05) is 48.5 Å². The fourth-order valence-electron chi connectivity index (χ4n) is 5.03. The average Bonchev–Trinajstić information content (AvgIpc) is 2.98. The van der Waals surface area contributed by atoms with Crippen LogP contribution in [0.25, 0.3) is 22.3 Å². The van der Waals surface area contributed by atoms with Gasteiger partial charge in [0.2, 0.25) is 10.0 Å². The fourth-order valence-corrected chi connectivity index (χ4v) is 6.32. The highest BCUT2D eigenvalue weighted by atomic mass is 35.5. The molecule has 1 fully saturated rings. The van der Waals surface area contributed by atoms with Crippen LogP contribution in [0.15, 0.2) is 86.9 Å². The predicted octanol–water partition coefficient (Wildman–Crippen LogP) is 4.64. The van der Waals surface area contributed by atoms with E-state index in [1.54, 1.807) is 33.2 Å². The molecule has 2 heterocycles. The number of likely N-dealkylation sites (N-methyl/N-ethyl adjacent to an activating group) is 1. The molecule has 212 valence electrons. The van der Waals surface area contributed by atoms with Gasteiger partial charge in [-0.15, -0.1) is 12.4 Å². The number of hydrogen-bond acceptors (Lipinski definition) is 7. The summed E-state index contributed by atoms with van der Waals surface area (Å²) < 4.78 is 40.4. The van der Waals surface area contributed by atoms with E-state index >= 15 is 0 Å². The molecule has 0 atom stereocenters. The second-order valence-corrected chi connectivity index (χ2v) is 11.7. The van der Waals surface area contributed by atoms with Crippen molar-refractivity contribution in [1.29, 1.82) is 0 Å². The molecule has 10 heteroatoms. The molecule has 5 rings (SSSR count). The lowest BCUT2D eigenvalue weighted by Crippen LogP contribution is -2.48. The fraction of sp³-hybridized carbons (Fsp3) is 0.300. The molecule has 3 aromatic carbocycles. The van der Waals surface area contributed by atoms with Crippen LogP contribution in [0.1, 0.15) is 5.56 Å². The molecule has 0 unspecified atom stereocenters. The SMILES string of the molecule is COc1ccccc1N1CCN(CCN(C)S(=O)(=O)c2cccc3c(=O)c(C)c(-c4ccccc4)oc23)CC1.Cl. The van der Waals surface area contributed by atoms with Crippen molar-refractivity contribution < 1.29 is 17.6 Å². The summed E-state index contributed by atoms with van der Waals surface area (Å²) in [5.74, 6) is 1.23. The molecular weight excluding hydrogens is 550 g/mol. The molecule has 0 saturated carbocycles. The molecule has 0 spiro atoms. The zero-order chi connectivity index (χ0) is 27.6. The minimum absolute atomic E-state index is 0. The van der Waals surface area contributed by atoms with Gasteiger partial charge in [0.15, 0.2) is 11.0 Å². The summed E-state index contributed by atoms with van der Waals surface area (Å²) >= 11 is 0. The summed E-state index contributed by atoms with van der Waals surface area (Å²) in [6.07, 6.45) is 0. The van der Waals surface area contributed by atoms with Crippen LogP contribution in [0.4, 0.5) is 5.69 Å². The Bertz CT molecular complexity index is 1630. The van der Waals surface area contributed by atoms with E-state index in [0.29, 0.717) is 24.4 Å². The van der Waals surface area contributed by atoms with Crippen LogP contribution >= 0.6 is 12.4 Å². The Balaban J connectivity index is 0.00000370. The first-order chi connectivity index (χ1) is 18.8. The Morgan fingerprint density at radius 1 is 0.925 bits per heavy atom. The van der Waals surface area contributed by atoms with Gasteiger partial charge in [-0.1, -0.05) is 48.5 Å². The normalized spacial score (nSPS) is 14.3. The smallest absolute Gasteiger partial charge is 0.246 e. The maximum absolute atomic E-state index is 13.7. The third-order valence-electron chi connectivity index (χ3n) is 7.36. The number of benzene rings is 3. The van der Waals surface area contributed by atoms with E-state index in [-0.39, 0.29) is 33.7 Å². The van der Waals surface area contributed by atoms with Gasteiger partial charge in [-0.25, -0.2) is 8.42 Å². The Morgan fingerprint density at radius 3 is 2.30 bits per heavy atom. The summed E-state index contributed by atoms with van der Waals surface area (Å²) in [5.41, 5.74) is 2.10. The molecule has 1 aromatic heterocycles. The largest absolute Gasteiger partial charge is 0.495 e. The van der Waals surface area contributed by atoms with Crippen LogP contribution in [-0.2, 0) is 10.0 Å². The number of para-hydroxylation sites is 3. The first kappa shape index (κ1) is 29.6. The molecule has 0 radical (unpaired) electrons. The highest BCUT2D eigenvalue weighted by molar-refractivity contribution is 7.89. The van der Waals surface area contributed by atoms with Gasteiger partial charge >= 0.3 is 0 Å². The molecule has 4 aromatic rings. The van der Waals surface area contributed by atoms with Crippen molar-refractivity contribution in [3.05, 3.63) is 88.6 Å². The van der Waals surface area contributed by atoms with Crippen LogP contribution in [0, 0.1) is 6.92 Å². The Labute approximate surface area is 241 Å². The van der Waals surface area contributed by atoms with Crippen LogP contribution in [0.3, 0.4) is 0 Å². The maximum atomic E-state index is 13.7. The highest BCUT2D eigenvalue weighted by Gasteiger charge is 2.27. The summed E-state index contributed by atoms with van der Waals surface area (Å²) in [6.45, 7) is 5.89. The number of fused-ring (bicyclic) bond motifs is 1. The van der Waals surface area contributed by atoms with E-state index < -0.39 is 10.0 Å². The van der Waals surface area contributed by atoms with E-state index in [4.69, 9.17) is 9.15 Å². The number of anilines is 1. The summed E-state index contributed by atoms with van der Waals surface area (Å²) in [6, 6.07) is 22.0. The third-order valence-corrected chi connectivity index (χ3v) is 9.24. The second kappa shape index (κ2) is 12.4. The van der Waals surface area contributed by atoms with Crippen molar-refractivity contribution in [3.8, 4) is 17.1 Å². The molecule has 1 aliphatic heterocycles. The van der Waals surface area contributed by atoms with Gasteiger partial charge in [-0.05, 0) is 31.2 Å². The molecule has 1 saturated heterocycles. The molecule has 0 aliphatic carbocycles. The topological polar surface area (TPSA) is 83.3 Å². The number of nitrogens with zero attached hydrogens (tertiary/aromatic N) is 3. The maximum Gasteiger partial charge on any atom is 0.246 e. The predicted molar refractivity (Wildman–Crippen MR) is 161 cm³/mol. The summed E-state index contributed by atoms with van der Waals surface area (Å²) in [5, 5.41) is 0.258. The number of halogens is 1. The number of methoxy groups -OCH3 is 1. The van der Waals surface area contributed by atoms with Crippen molar-refractivity contribution in [2.45, 2.75) is 11.8 Å². The van der Waals surface area contributed by atoms with Crippen molar-refractivity contribution in [1.82, 2.24) is 9.21 Å². The van der Waals surface area contributed by atoms with Gasteiger partial charge in [-0.3, -0.25) is 9.69 Å². The molecule has 0 bridgehead atoms. The number of hydrogen-bond donors (Lipinski definition) is 0. The van der Waals surface area contributed by atoms with E-state index in [0.717, 1.165) is 43.2 Å². The molecule has 0 amide bonds. The minimum atomic E-state index is -3.91. The summed E-state index contributed by atoms with van der Waals surface area (Å²) in [7, 11) is -0.661. The zero-order valence-corrected chi connectivity index (χ0v) is 24.5. The van der Waals surface area contributed by atoms with Crippen LogP contribution in [0.2, 0.25) is 0 Å². The number of piperazine rings is 1. The number of ether oxygens (including phenoxy) is 1. The Hall–Kier alpha value is -3.37. The first-order valence-electron chi connectivity index (χ1n) is 13.0. The van der Waals surface area contributed by atoms with Gasteiger partial charge in [0, 0.05) is 57.4 Å². The van der Waals surface area contributed by atoms with Crippen molar-refractivity contribution in [3.63, 3.8) is 0 Å². The van der Waals surface area contributed by atoms with Crippen LogP contribution < -0.4 is 15.1 Å². The van der Waals surface area contributed by atoms with Crippen molar-refractivity contribution in [2.75, 3.05) is 58.3 Å². The van der Waals surface area contributed by atoms with Crippen molar-refractivity contribution >= 4 is 39.1 Å². The lowest BCUT2D eigenvalue weighted by molar-refractivity contribution is 0.243. The number of rotatable bonds is 8. The first-order valence-corrected chi connectivity index (χ1v) is 14.4. The van der Waals surface area contributed by atoms with Crippen LogP contribution in [0.5, 0.6) is 5.75 Å². The molecule has 8 nitrogen and oxygen atoms in total. The average molecular weight is 584 g/mol. The quantitative estimate of drug-likeness (QED) is 0.299. The lowest BCUT2D eigenvalue weighted by atomic mass is 10.1. The molecule has 1 aliphatic rings. The molecule has 40 heavy (non-hydrogen) atoms. The minimum Gasteiger partial charge on any atom is -0.495 e. The van der Waals surface area contributed by atoms with Gasteiger partial charge in [0.05, 0.1) is 18.2 Å². The third kappa shape index (κ3) is 5.74. The molecular formula is C30H34ClN3O5S. The molecule has 0 N–H and O–H groups in total. The summed E-state index contributed by atoms with van der Waals surface area (Å²) in [4.78, 5) is 17.7. The standard InChI is InChI=1S/C30H33N3O5S.ClH/c1-22-28(34)24-12-9-15-27(30(24)38-29(22)23-10-5-4-6-11-23)39(35,36)31(2)16-17-32-18-20-33(21-19-32)25-13-7-8-14-26(25)37-3;/h4-15H,16-21H2,1-3H3;1H. The Kier molecular flexibility index (Phi) is 9.20. The number of sulfonamides is 1. The van der Waals surface area contributed by atoms with Gasteiger partial charge < -0.3 is 14.1 Å². The van der Waals surface area contributed by atoms with E-state index in [2.05, 4.69) is 15.9 Å². The van der Waals surface area contributed by atoms with E-state index in [1.165, 1.54) is 10.4 Å². The Morgan fingerprint density at radius 2 is 1.60 bits per heavy atom. The zero-order valence-electron chi connectivity index (χ0n) is 22.9. The second-order valence-electron chi connectivity index (χ2n) is 9.71. The van der Waals surface area contributed by atoms with Crippen molar-refractivity contribution in [2.24, 2.45) is 0 Å². The highest BCUT2D eigenvalue weighted by Crippen LogP contribution is 2.31. The van der Waals surface area contributed by atoms with Gasteiger partial charge in [0.1, 0.15) is 16.4 Å². The van der Waals surface area contributed by atoms with Gasteiger partial charge in [-0.2, -0.15) is 4.31 Å². The van der Waals surface area contributed by atoms with Crippen LogP contribution in [-0.4, -0.2) is 71.0 Å². The lowest BCUT2D eigenvalue weighted by Gasteiger charge is -2.37. The van der Waals surface area contributed by atoms with E-state index in [9.17, 15) is 13.2 Å². The monoisotopic (exact) mass is 583 g/mol. The van der Waals surface area contributed by atoms with Gasteiger partial charge in [0.25, 0.3) is 0 Å².